The van der Waals surface area contributed by atoms with Crippen molar-refractivity contribution < 1.29 is 18.7 Å². The van der Waals surface area contributed by atoms with Gasteiger partial charge in [0.1, 0.15) is 11.6 Å². The van der Waals surface area contributed by atoms with Gasteiger partial charge in [0, 0.05) is 22.9 Å². The third kappa shape index (κ3) is 5.37. The van der Waals surface area contributed by atoms with Crippen molar-refractivity contribution in [1.29, 1.82) is 0 Å². The van der Waals surface area contributed by atoms with Gasteiger partial charge < -0.3 is 14.8 Å². The number of rotatable bonds is 8. The molecular formula is C32H32FNO3. The molecule has 1 heterocycles. The molecule has 0 saturated carbocycles. The highest BCUT2D eigenvalue weighted by Gasteiger charge is 2.29. The molecule has 37 heavy (non-hydrogen) atoms. The number of para-hydroxylation sites is 1. The Balaban J connectivity index is 1.23. The Morgan fingerprint density at radius 2 is 1.73 bits per heavy atom. The van der Waals surface area contributed by atoms with Crippen LogP contribution in [-0.2, 0) is 4.74 Å². The van der Waals surface area contributed by atoms with Crippen LogP contribution in [0.25, 0.3) is 10.8 Å². The molecule has 4 aromatic rings. The van der Waals surface area contributed by atoms with E-state index in [1.54, 1.807) is 6.07 Å². The zero-order chi connectivity index (χ0) is 25.8. The SMILES string of the molecule is COC(=O)c1ccc(C2CC(CCCNC(C)c3ccc(F)c4ccccc34)Oc3ccccc32)cc1. The molecule has 0 bridgehead atoms. The molecule has 190 valence electrons. The standard InChI is InChI=1S/C32H32FNO3/c1-21(25-17-18-30(33)27-10-4-3-9-26(25)27)34-19-7-8-24-20-29(28-11-5-6-12-31(28)37-24)22-13-15-23(16-14-22)32(35)36-2/h3-6,9-18,21,24,29,34H,7-8,19-20H2,1-2H3. The number of benzene rings is 4. The first-order chi connectivity index (χ1) is 18.0. The first-order valence-corrected chi connectivity index (χ1v) is 12.9. The predicted molar refractivity (Wildman–Crippen MR) is 145 cm³/mol. The summed E-state index contributed by atoms with van der Waals surface area (Å²) in [5.41, 5.74) is 4.01. The number of nitrogens with one attached hydrogen (secondary N) is 1. The lowest BCUT2D eigenvalue weighted by Crippen LogP contribution is -2.28. The number of hydrogen-bond acceptors (Lipinski definition) is 4. The minimum absolute atomic E-state index is 0.101. The van der Waals surface area contributed by atoms with Gasteiger partial charge in [-0.1, -0.05) is 60.7 Å². The fourth-order valence-electron chi connectivity index (χ4n) is 5.38. The molecule has 4 aromatic carbocycles. The van der Waals surface area contributed by atoms with Crippen molar-refractivity contribution in [2.75, 3.05) is 13.7 Å². The first kappa shape index (κ1) is 25.0. The molecule has 5 rings (SSSR count). The Morgan fingerprint density at radius 3 is 2.51 bits per heavy atom. The Labute approximate surface area is 217 Å². The molecular weight excluding hydrogens is 465 g/mol. The number of methoxy groups -OCH3 is 1. The number of carbonyl (C=O) groups is 1. The Kier molecular flexibility index (Phi) is 7.52. The molecule has 0 amide bonds. The van der Waals surface area contributed by atoms with Gasteiger partial charge in [0.05, 0.1) is 18.8 Å². The van der Waals surface area contributed by atoms with E-state index in [9.17, 15) is 9.18 Å². The van der Waals surface area contributed by atoms with Crippen LogP contribution in [0.15, 0.2) is 84.9 Å². The number of halogens is 1. The van der Waals surface area contributed by atoms with Gasteiger partial charge in [-0.05, 0) is 73.5 Å². The summed E-state index contributed by atoms with van der Waals surface area (Å²) in [5, 5.41) is 5.23. The van der Waals surface area contributed by atoms with Gasteiger partial charge in [0.15, 0.2) is 0 Å². The number of hydrogen-bond donors (Lipinski definition) is 1. The molecule has 1 aliphatic heterocycles. The maximum atomic E-state index is 14.2. The summed E-state index contributed by atoms with van der Waals surface area (Å²) >= 11 is 0. The van der Waals surface area contributed by atoms with E-state index in [4.69, 9.17) is 9.47 Å². The Bertz CT molecular complexity index is 1380. The average Bonchev–Trinajstić information content (AvgIpc) is 2.95. The predicted octanol–water partition coefficient (Wildman–Crippen LogP) is 7.18. The van der Waals surface area contributed by atoms with Gasteiger partial charge in [0.2, 0.25) is 0 Å². The van der Waals surface area contributed by atoms with Crippen molar-refractivity contribution in [3.8, 4) is 5.75 Å². The molecule has 4 nitrogen and oxygen atoms in total. The van der Waals surface area contributed by atoms with E-state index in [0.717, 1.165) is 42.5 Å². The second-order valence-electron chi connectivity index (χ2n) is 9.68. The second-order valence-corrected chi connectivity index (χ2v) is 9.68. The van der Waals surface area contributed by atoms with E-state index < -0.39 is 0 Å². The van der Waals surface area contributed by atoms with Gasteiger partial charge >= 0.3 is 5.97 Å². The van der Waals surface area contributed by atoms with Crippen LogP contribution in [0.3, 0.4) is 0 Å². The lowest BCUT2D eigenvalue weighted by Gasteiger charge is -2.33. The first-order valence-electron chi connectivity index (χ1n) is 12.9. The van der Waals surface area contributed by atoms with E-state index in [1.165, 1.54) is 18.2 Å². The van der Waals surface area contributed by atoms with Crippen molar-refractivity contribution in [3.63, 3.8) is 0 Å². The van der Waals surface area contributed by atoms with Crippen LogP contribution in [0.4, 0.5) is 4.39 Å². The summed E-state index contributed by atoms with van der Waals surface area (Å²) in [7, 11) is 1.40. The largest absolute Gasteiger partial charge is 0.490 e. The van der Waals surface area contributed by atoms with Gasteiger partial charge in [-0.25, -0.2) is 9.18 Å². The Hall–Kier alpha value is -3.70. The fourth-order valence-corrected chi connectivity index (χ4v) is 5.38. The van der Waals surface area contributed by atoms with Crippen LogP contribution in [-0.4, -0.2) is 25.7 Å². The highest BCUT2D eigenvalue weighted by atomic mass is 19.1. The molecule has 3 atom stereocenters. The van der Waals surface area contributed by atoms with Gasteiger partial charge in [0.25, 0.3) is 0 Å². The highest BCUT2D eigenvalue weighted by molar-refractivity contribution is 5.89. The van der Waals surface area contributed by atoms with Gasteiger partial charge in [-0.15, -0.1) is 0 Å². The van der Waals surface area contributed by atoms with Crippen LogP contribution in [0.2, 0.25) is 0 Å². The average molecular weight is 498 g/mol. The van der Waals surface area contributed by atoms with Crippen LogP contribution in [0.1, 0.15) is 65.2 Å². The molecule has 0 saturated heterocycles. The fraction of sp³-hybridized carbons (Fsp3) is 0.281. The highest BCUT2D eigenvalue weighted by Crippen LogP contribution is 2.41. The van der Waals surface area contributed by atoms with Gasteiger partial charge in [-0.2, -0.15) is 0 Å². The van der Waals surface area contributed by atoms with Crippen molar-refractivity contribution in [2.45, 2.75) is 44.2 Å². The molecule has 5 heteroatoms. The lowest BCUT2D eigenvalue weighted by molar-refractivity contribution is 0.0600. The van der Waals surface area contributed by atoms with E-state index in [0.29, 0.717) is 10.9 Å². The maximum Gasteiger partial charge on any atom is 0.337 e. The normalized spacial score (nSPS) is 17.6. The zero-order valence-electron chi connectivity index (χ0n) is 21.2. The van der Waals surface area contributed by atoms with Crippen LogP contribution >= 0.6 is 0 Å². The molecule has 0 spiro atoms. The molecule has 1 aliphatic rings. The topological polar surface area (TPSA) is 47.6 Å². The third-order valence-corrected chi connectivity index (χ3v) is 7.35. The number of carbonyl (C=O) groups excluding carboxylic acids is 1. The van der Waals surface area contributed by atoms with Crippen LogP contribution < -0.4 is 10.1 Å². The number of fused-ring (bicyclic) bond motifs is 2. The summed E-state index contributed by atoms with van der Waals surface area (Å²) < 4.78 is 25.4. The molecule has 0 aromatic heterocycles. The summed E-state index contributed by atoms with van der Waals surface area (Å²) in [4.78, 5) is 11.9. The molecule has 1 N–H and O–H groups in total. The van der Waals surface area contributed by atoms with Crippen LogP contribution in [0.5, 0.6) is 5.75 Å². The quantitative estimate of drug-likeness (QED) is 0.207. The summed E-state index contributed by atoms with van der Waals surface area (Å²) in [6.07, 6.45) is 2.87. The van der Waals surface area contributed by atoms with Crippen molar-refractivity contribution in [2.24, 2.45) is 0 Å². The monoisotopic (exact) mass is 497 g/mol. The van der Waals surface area contributed by atoms with Crippen molar-refractivity contribution >= 4 is 16.7 Å². The van der Waals surface area contributed by atoms with Crippen molar-refractivity contribution in [3.05, 3.63) is 113 Å². The maximum absolute atomic E-state index is 14.2. The molecule has 0 radical (unpaired) electrons. The summed E-state index contributed by atoms with van der Waals surface area (Å²) in [5.74, 6) is 0.627. The van der Waals surface area contributed by atoms with Crippen LogP contribution in [0, 0.1) is 5.82 Å². The Morgan fingerprint density at radius 1 is 1.00 bits per heavy atom. The van der Waals surface area contributed by atoms with E-state index >= 15 is 0 Å². The number of ether oxygens (including phenoxy) is 2. The lowest BCUT2D eigenvalue weighted by atomic mass is 9.83. The van der Waals surface area contributed by atoms with E-state index in [2.05, 4.69) is 18.3 Å². The second kappa shape index (κ2) is 11.1. The molecule has 0 aliphatic carbocycles. The minimum Gasteiger partial charge on any atom is -0.490 e. The molecule has 0 fully saturated rings. The summed E-state index contributed by atoms with van der Waals surface area (Å²) in [6, 6.07) is 27.1. The summed E-state index contributed by atoms with van der Waals surface area (Å²) in [6.45, 7) is 2.97. The number of esters is 1. The smallest absolute Gasteiger partial charge is 0.337 e. The zero-order valence-corrected chi connectivity index (χ0v) is 21.2. The third-order valence-electron chi connectivity index (χ3n) is 7.35. The van der Waals surface area contributed by atoms with E-state index in [1.807, 2.05) is 72.8 Å². The molecule has 3 unspecified atom stereocenters. The van der Waals surface area contributed by atoms with Gasteiger partial charge in [-0.3, -0.25) is 0 Å². The van der Waals surface area contributed by atoms with Crippen molar-refractivity contribution in [1.82, 2.24) is 5.32 Å². The minimum atomic E-state index is -0.327. The van der Waals surface area contributed by atoms with E-state index in [-0.39, 0.29) is 29.9 Å².